The molecule has 14 heavy (non-hydrogen) atoms. The highest BCUT2D eigenvalue weighted by atomic mass is 79.9. The molecular formula is C11H10BrNO. The second-order valence-corrected chi connectivity index (χ2v) is 4.24. The smallest absolute Gasteiger partial charge is 0.248 e. The van der Waals surface area contributed by atoms with Crippen LogP contribution in [0, 0.1) is 0 Å². The third-order valence-electron chi connectivity index (χ3n) is 2.39. The molecule has 0 radical (unpaired) electrons. The fourth-order valence-corrected chi connectivity index (χ4v) is 2.16. The maximum atomic E-state index is 11.1. The first-order valence-corrected chi connectivity index (χ1v) is 5.26. The van der Waals surface area contributed by atoms with E-state index in [1.807, 2.05) is 24.3 Å². The maximum Gasteiger partial charge on any atom is 0.248 e. The first kappa shape index (κ1) is 9.46. The zero-order valence-electron chi connectivity index (χ0n) is 7.59. The molecule has 0 fully saturated rings. The Bertz CT molecular complexity index is 423. The molecule has 1 aromatic carbocycles. The number of amides is 1. The number of allylic oxidation sites excluding steroid dienone is 1. The second kappa shape index (κ2) is 3.58. The molecule has 0 unspecified atom stereocenters. The zero-order valence-corrected chi connectivity index (χ0v) is 9.17. The zero-order chi connectivity index (χ0) is 10.1. The van der Waals surface area contributed by atoms with E-state index in [2.05, 4.69) is 15.9 Å². The minimum atomic E-state index is -0.340. The number of hydrogen-bond donors (Lipinski definition) is 1. The molecule has 1 aromatic rings. The summed E-state index contributed by atoms with van der Waals surface area (Å²) >= 11 is 3.41. The van der Waals surface area contributed by atoms with Crippen molar-refractivity contribution in [3.8, 4) is 0 Å². The van der Waals surface area contributed by atoms with E-state index in [9.17, 15) is 4.79 Å². The molecule has 2 nitrogen and oxygen atoms in total. The lowest BCUT2D eigenvalue weighted by atomic mass is 9.91. The Kier molecular flexibility index (Phi) is 2.42. The lowest BCUT2D eigenvalue weighted by Gasteiger charge is -2.15. The molecule has 0 atom stereocenters. The Labute approximate surface area is 90.9 Å². The fraction of sp³-hybridized carbons (Fsp3) is 0.182. The number of carbonyl (C=O) groups excluding carboxylic acids is 1. The number of aryl methyl sites for hydroxylation is 1. The predicted molar refractivity (Wildman–Crippen MR) is 59.6 cm³/mol. The van der Waals surface area contributed by atoms with Gasteiger partial charge in [-0.2, -0.15) is 0 Å². The Morgan fingerprint density at radius 1 is 1.43 bits per heavy atom. The van der Waals surface area contributed by atoms with Gasteiger partial charge in [0.2, 0.25) is 5.91 Å². The lowest BCUT2D eigenvalue weighted by Crippen LogP contribution is -2.16. The van der Waals surface area contributed by atoms with Crippen molar-refractivity contribution in [2.45, 2.75) is 12.8 Å². The number of primary amides is 1. The van der Waals surface area contributed by atoms with Gasteiger partial charge in [0, 0.05) is 10.0 Å². The number of rotatable bonds is 1. The molecule has 0 bridgehead atoms. The van der Waals surface area contributed by atoms with Crippen molar-refractivity contribution in [1.29, 1.82) is 0 Å². The number of hydrogen-bond acceptors (Lipinski definition) is 1. The molecule has 0 spiro atoms. The summed E-state index contributed by atoms with van der Waals surface area (Å²) in [5.74, 6) is -0.340. The first-order valence-electron chi connectivity index (χ1n) is 4.47. The van der Waals surface area contributed by atoms with Gasteiger partial charge in [-0.3, -0.25) is 4.79 Å². The SMILES string of the molecule is NC(=O)C1=CCCc2cc(Br)ccc21. The molecular weight excluding hydrogens is 242 g/mol. The lowest BCUT2D eigenvalue weighted by molar-refractivity contribution is -0.112. The third kappa shape index (κ3) is 1.60. The van der Waals surface area contributed by atoms with E-state index in [1.165, 1.54) is 5.56 Å². The van der Waals surface area contributed by atoms with Crippen LogP contribution in [-0.4, -0.2) is 5.91 Å². The molecule has 1 aliphatic rings. The Hall–Kier alpha value is -1.09. The van der Waals surface area contributed by atoms with Gasteiger partial charge in [-0.15, -0.1) is 0 Å². The average Bonchev–Trinajstić information content (AvgIpc) is 2.16. The van der Waals surface area contributed by atoms with Crippen LogP contribution in [0.4, 0.5) is 0 Å². The van der Waals surface area contributed by atoms with Gasteiger partial charge < -0.3 is 5.73 Å². The van der Waals surface area contributed by atoms with Gasteiger partial charge in [0.05, 0.1) is 0 Å². The van der Waals surface area contributed by atoms with Crippen LogP contribution >= 0.6 is 15.9 Å². The minimum absolute atomic E-state index is 0.340. The molecule has 0 saturated heterocycles. The highest BCUT2D eigenvalue weighted by molar-refractivity contribution is 9.10. The fourth-order valence-electron chi connectivity index (χ4n) is 1.75. The number of fused-ring (bicyclic) bond motifs is 1. The molecule has 2 rings (SSSR count). The van der Waals surface area contributed by atoms with Crippen molar-refractivity contribution < 1.29 is 4.79 Å². The van der Waals surface area contributed by atoms with E-state index >= 15 is 0 Å². The van der Waals surface area contributed by atoms with Gasteiger partial charge in [-0.05, 0) is 36.1 Å². The topological polar surface area (TPSA) is 43.1 Å². The Morgan fingerprint density at radius 3 is 2.93 bits per heavy atom. The number of carbonyl (C=O) groups is 1. The summed E-state index contributed by atoms with van der Waals surface area (Å²) in [5.41, 5.74) is 8.12. The molecule has 0 heterocycles. The van der Waals surface area contributed by atoms with Gasteiger partial charge in [0.1, 0.15) is 0 Å². The quantitative estimate of drug-likeness (QED) is 0.818. The maximum absolute atomic E-state index is 11.1. The van der Waals surface area contributed by atoms with Gasteiger partial charge >= 0.3 is 0 Å². The van der Waals surface area contributed by atoms with E-state index < -0.39 is 0 Å². The van der Waals surface area contributed by atoms with Gasteiger partial charge in [0.15, 0.2) is 0 Å². The van der Waals surface area contributed by atoms with Crippen LogP contribution < -0.4 is 5.73 Å². The Morgan fingerprint density at radius 2 is 2.21 bits per heavy atom. The molecule has 0 saturated carbocycles. The third-order valence-corrected chi connectivity index (χ3v) is 2.88. The highest BCUT2D eigenvalue weighted by Gasteiger charge is 2.16. The van der Waals surface area contributed by atoms with Crippen molar-refractivity contribution in [3.63, 3.8) is 0 Å². The van der Waals surface area contributed by atoms with Crippen LogP contribution in [0.15, 0.2) is 28.7 Å². The van der Waals surface area contributed by atoms with Crippen LogP contribution in [0.5, 0.6) is 0 Å². The average molecular weight is 252 g/mol. The van der Waals surface area contributed by atoms with E-state index in [-0.39, 0.29) is 5.91 Å². The van der Waals surface area contributed by atoms with Gasteiger partial charge in [-0.1, -0.05) is 28.1 Å². The van der Waals surface area contributed by atoms with E-state index in [4.69, 9.17) is 5.73 Å². The van der Waals surface area contributed by atoms with Gasteiger partial charge in [0.25, 0.3) is 0 Å². The van der Waals surface area contributed by atoms with E-state index in [1.54, 1.807) is 0 Å². The van der Waals surface area contributed by atoms with E-state index in [0.29, 0.717) is 5.57 Å². The second-order valence-electron chi connectivity index (χ2n) is 3.32. The monoisotopic (exact) mass is 251 g/mol. The normalized spacial score (nSPS) is 14.5. The minimum Gasteiger partial charge on any atom is -0.366 e. The molecule has 0 aliphatic heterocycles. The van der Waals surface area contributed by atoms with Crippen molar-refractivity contribution in [3.05, 3.63) is 39.9 Å². The van der Waals surface area contributed by atoms with Crippen LogP contribution in [0.3, 0.4) is 0 Å². The number of halogens is 1. The summed E-state index contributed by atoms with van der Waals surface area (Å²) in [7, 11) is 0. The van der Waals surface area contributed by atoms with Crippen molar-refractivity contribution in [2.24, 2.45) is 5.73 Å². The predicted octanol–water partition coefficient (Wildman–Crippen LogP) is 2.26. The summed E-state index contributed by atoms with van der Waals surface area (Å²) in [6, 6.07) is 5.92. The van der Waals surface area contributed by atoms with Crippen LogP contribution in [0.25, 0.3) is 5.57 Å². The number of nitrogens with two attached hydrogens (primary N) is 1. The Balaban J connectivity index is 2.54. The molecule has 0 aromatic heterocycles. The highest BCUT2D eigenvalue weighted by Crippen LogP contribution is 2.28. The first-order chi connectivity index (χ1) is 6.68. The summed E-state index contributed by atoms with van der Waals surface area (Å²) < 4.78 is 1.04. The van der Waals surface area contributed by atoms with E-state index in [0.717, 1.165) is 22.9 Å². The summed E-state index contributed by atoms with van der Waals surface area (Å²) in [4.78, 5) is 11.1. The molecule has 1 amide bonds. The molecule has 1 aliphatic carbocycles. The molecule has 2 N–H and O–H groups in total. The van der Waals surface area contributed by atoms with Crippen molar-refractivity contribution in [1.82, 2.24) is 0 Å². The van der Waals surface area contributed by atoms with Crippen LogP contribution in [-0.2, 0) is 11.2 Å². The largest absolute Gasteiger partial charge is 0.366 e. The summed E-state index contributed by atoms with van der Waals surface area (Å²) in [5, 5.41) is 0. The van der Waals surface area contributed by atoms with Gasteiger partial charge in [-0.25, -0.2) is 0 Å². The van der Waals surface area contributed by atoms with Crippen LogP contribution in [0.1, 0.15) is 17.5 Å². The van der Waals surface area contributed by atoms with Crippen LogP contribution in [0.2, 0.25) is 0 Å². The number of benzene rings is 1. The van der Waals surface area contributed by atoms with Crippen molar-refractivity contribution in [2.75, 3.05) is 0 Å². The molecule has 3 heteroatoms. The molecule has 72 valence electrons. The summed E-state index contributed by atoms with van der Waals surface area (Å²) in [6.45, 7) is 0. The van der Waals surface area contributed by atoms with Crippen molar-refractivity contribution >= 4 is 27.4 Å². The summed E-state index contributed by atoms with van der Waals surface area (Å²) in [6.07, 6.45) is 3.78. The standard InChI is InChI=1S/C11H10BrNO/c12-8-4-5-9-7(6-8)2-1-3-10(9)11(13)14/h3-6H,1-2H2,(H2,13,14).